The fourth-order valence-electron chi connectivity index (χ4n) is 2.80. The Morgan fingerprint density at radius 2 is 1.76 bits per heavy atom. The largest absolute Gasteiger partial charge is 0.337 e. The number of hydrogen-bond donors (Lipinski definition) is 0. The van der Waals surface area contributed by atoms with Crippen LogP contribution in [0, 0.1) is 6.92 Å². The third-order valence-electron chi connectivity index (χ3n) is 4.50. The van der Waals surface area contributed by atoms with Gasteiger partial charge >= 0.3 is 0 Å². The van der Waals surface area contributed by atoms with Crippen LogP contribution >= 0.6 is 27.3 Å². The highest BCUT2D eigenvalue weighted by Gasteiger charge is 2.23. The van der Waals surface area contributed by atoms with E-state index in [0.717, 1.165) is 14.9 Å². The Morgan fingerprint density at radius 1 is 1.07 bits per heavy atom. The van der Waals surface area contributed by atoms with Crippen LogP contribution in [0.25, 0.3) is 0 Å². The molecular weight excluding hydrogens is 472 g/mol. The normalized spacial score (nSPS) is 11.3. The SMILES string of the molecule is Cc1ccc(N(C)S(=O)(=O)c2cccc(C(=O)N(C)Cc3cc(Br)cs3)c2)cc1. The number of benzene rings is 2. The highest BCUT2D eigenvalue weighted by molar-refractivity contribution is 9.10. The maximum Gasteiger partial charge on any atom is 0.264 e. The summed E-state index contributed by atoms with van der Waals surface area (Å²) in [5.41, 5.74) is 1.95. The van der Waals surface area contributed by atoms with Gasteiger partial charge in [-0.15, -0.1) is 11.3 Å². The molecule has 0 radical (unpaired) electrons. The van der Waals surface area contributed by atoms with Crippen LogP contribution in [0.15, 0.2) is 69.3 Å². The van der Waals surface area contributed by atoms with E-state index < -0.39 is 10.0 Å². The van der Waals surface area contributed by atoms with Crippen molar-refractivity contribution in [2.24, 2.45) is 0 Å². The predicted molar refractivity (Wildman–Crippen MR) is 121 cm³/mol. The van der Waals surface area contributed by atoms with E-state index in [1.807, 2.05) is 30.5 Å². The molecule has 1 aromatic heterocycles. The van der Waals surface area contributed by atoms with Crippen molar-refractivity contribution in [3.05, 3.63) is 80.5 Å². The Bertz CT molecular complexity index is 1120. The molecule has 0 aliphatic rings. The van der Waals surface area contributed by atoms with Crippen molar-refractivity contribution in [3.63, 3.8) is 0 Å². The van der Waals surface area contributed by atoms with Gasteiger partial charge in [-0.2, -0.15) is 0 Å². The van der Waals surface area contributed by atoms with Crippen LogP contribution in [0.2, 0.25) is 0 Å². The molecule has 5 nitrogen and oxygen atoms in total. The van der Waals surface area contributed by atoms with Gasteiger partial charge in [0.2, 0.25) is 0 Å². The average Bonchev–Trinajstić information content (AvgIpc) is 3.12. The fraction of sp³-hybridized carbons (Fsp3) is 0.190. The zero-order chi connectivity index (χ0) is 21.2. The number of halogens is 1. The van der Waals surface area contributed by atoms with Gasteiger partial charge in [0.1, 0.15) is 0 Å². The molecule has 0 aliphatic carbocycles. The Labute approximate surface area is 183 Å². The van der Waals surface area contributed by atoms with Crippen LogP contribution in [0.3, 0.4) is 0 Å². The highest BCUT2D eigenvalue weighted by Crippen LogP contribution is 2.24. The summed E-state index contributed by atoms with van der Waals surface area (Å²) in [7, 11) is -0.571. The zero-order valence-corrected chi connectivity index (χ0v) is 19.5. The minimum Gasteiger partial charge on any atom is -0.337 e. The number of carbonyl (C=O) groups is 1. The molecule has 3 rings (SSSR count). The number of sulfonamides is 1. The van der Waals surface area contributed by atoms with E-state index in [1.54, 1.807) is 47.5 Å². The van der Waals surface area contributed by atoms with Crippen molar-refractivity contribution in [1.82, 2.24) is 4.90 Å². The van der Waals surface area contributed by atoms with Gasteiger partial charge in [-0.05, 0) is 59.3 Å². The maximum atomic E-state index is 13.1. The van der Waals surface area contributed by atoms with E-state index >= 15 is 0 Å². The van der Waals surface area contributed by atoms with Gasteiger partial charge in [0, 0.05) is 34.4 Å². The van der Waals surface area contributed by atoms with E-state index in [9.17, 15) is 13.2 Å². The molecule has 8 heteroatoms. The summed E-state index contributed by atoms with van der Waals surface area (Å²) in [4.78, 5) is 15.5. The smallest absolute Gasteiger partial charge is 0.264 e. The third kappa shape index (κ3) is 4.88. The molecule has 29 heavy (non-hydrogen) atoms. The van der Waals surface area contributed by atoms with Crippen molar-refractivity contribution >= 4 is 48.9 Å². The molecule has 0 saturated heterocycles. The second-order valence-corrected chi connectivity index (χ2v) is 10.6. The van der Waals surface area contributed by atoms with Crippen molar-refractivity contribution < 1.29 is 13.2 Å². The molecule has 0 unspecified atom stereocenters. The summed E-state index contributed by atoms with van der Waals surface area (Å²) in [6.07, 6.45) is 0. The molecule has 0 atom stereocenters. The van der Waals surface area contributed by atoms with Gasteiger partial charge < -0.3 is 4.90 Å². The molecule has 152 valence electrons. The quantitative estimate of drug-likeness (QED) is 0.490. The number of carbonyl (C=O) groups excluding carboxylic acids is 1. The van der Waals surface area contributed by atoms with Crippen LogP contribution in [0.4, 0.5) is 5.69 Å². The molecule has 1 heterocycles. The molecule has 0 aliphatic heterocycles. The van der Waals surface area contributed by atoms with Gasteiger partial charge in [0.05, 0.1) is 17.1 Å². The van der Waals surface area contributed by atoms with Crippen LogP contribution < -0.4 is 4.31 Å². The first kappa shape index (κ1) is 21.5. The van der Waals surface area contributed by atoms with Gasteiger partial charge in [-0.25, -0.2) is 8.42 Å². The first-order chi connectivity index (χ1) is 13.7. The van der Waals surface area contributed by atoms with Crippen LogP contribution in [-0.4, -0.2) is 33.3 Å². The van der Waals surface area contributed by atoms with E-state index in [4.69, 9.17) is 0 Å². The van der Waals surface area contributed by atoms with Crippen LogP contribution in [0.1, 0.15) is 20.8 Å². The van der Waals surface area contributed by atoms with Crippen molar-refractivity contribution in [2.45, 2.75) is 18.4 Å². The van der Waals surface area contributed by atoms with Crippen LogP contribution in [0.5, 0.6) is 0 Å². The van der Waals surface area contributed by atoms with E-state index in [-0.39, 0.29) is 10.8 Å². The first-order valence-electron chi connectivity index (χ1n) is 8.82. The maximum absolute atomic E-state index is 13.1. The minimum absolute atomic E-state index is 0.0821. The molecular formula is C21H21BrN2O3S2. The standard InChI is InChI=1S/C21H21BrN2O3S2/c1-15-7-9-18(10-8-15)24(3)29(26,27)20-6-4-5-16(11-20)21(25)23(2)13-19-12-17(22)14-28-19/h4-12,14H,13H2,1-3H3. The number of amides is 1. The number of anilines is 1. The second-order valence-electron chi connectivity index (χ2n) is 6.73. The molecule has 3 aromatic rings. The topological polar surface area (TPSA) is 57.7 Å². The molecule has 0 saturated carbocycles. The Balaban J connectivity index is 1.83. The van der Waals surface area contributed by atoms with Gasteiger partial charge in [-0.1, -0.05) is 23.8 Å². The Morgan fingerprint density at radius 3 is 2.38 bits per heavy atom. The number of hydrogen-bond acceptors (Lipinski definition) is 4. The predicted octanol–water partition coefficient (Wildman–Crippen LogP) is 4.92. The van der Waals surface area contributed by atoms with Gasteiger partial charge in [-0.3, -0.25) is 9.10 Å². The summed E-state index contributed by atoms with van der Waals surface area (Å²) >= 11 is 4.96. The summed E-state index contributed by atoms with van der Waals surface area (Å²) in [5.74, 6) is -0.232. The van der Waals surface area contributed by atoms with E-state index in [1.165, 1.54) is 23.5 Å². The van der Waals surface area contributed by atoms with Crippen molar-refractivity contribution in [1.29, 1.82) is 0 Å². The fourth-order valence-corrected chi connectivity index (χ4v) is 5.55. The van der Waals surface area contributed by atoms with E-state index in [0.29, 0.717) is 17.8 Å². The number of rotatable bonds is 6. The molecule has 1 amide bonds. The summed E-state index contributed by atoms with van der Waals surface area (Å²) in [6.45, 7) is 2.40. The average molecular weight is 493 g/mol. The summed E-state index contributed by atoms with van der Waals surface area (Å²) in [6, 6.07) is 15.4. The monoisotopic (exact) mass is 492 g/mol. The lowest BCUT2D eigenvalue weighted by Crippen LogP contribution is -2.28. The van der Waals surface area contributed by atoms with E-state index in [2.05, 4.69) is 15.9 Å². The number of nitrogens with zero attached hydrogens (tertiary/aromatic N) is 2. The summed E-state index contributed by atoms with van der Waals surface area (Å²) in [5, 5.41) is 1.96. The van der Waals surface area contributed by atoms with Crippen LogP contribution in [-0.2, 0) is 16.6 Å². The third-order valence-corrected chi connectivity index (χ3v) is 7.96. The molecule has 0 N–H and O–H groups in total. The minimum atomic E-state index is -3.78. The lowest BCUT2D eigenvalue weighted by Gasteiger charge is -2.21. The highest BCUT2D eigenvalue weighted by atomic mass is 79.9. The van der Waals surface area contributed by atoms with Gasteiger partial charge in [0.15, 0.2) is 0 Å². The lowest BCUT2D eigenvalue weighted by molar-refractivity contribution is 0.0786. The molecule has 0 bridgehead atoms. The second kappa shape index (κ2) is 8.69. The lowest BCUT2D eigenvalue weighted by atomic mass is 10.2. The first-order valence-corrected chi connectivity index (χ1v) is 11.9. The Hall–Kier alpha value is -2.16. The molecule has 0 fully saturated rings. The van der Waals surface area contributed by atoms with Crippen molar-refractivity contribution in [3.8, 4) is 0 Å². The molecule has 0 spiro atoms. The Kier molecular flexibility index (Phi) is 6.45. The number of thiophene rings is 1. The zero-order valence-electron chi connectivity index (χ0n) is 16.3. The summed E-state index contributed by atoms with van der Waals surface area (Å²) < 4.78 is 28.3. The number of aryl methyl sites for hydroxylation is 1. The molecule has 2 aromatic carbocycles. The van der Waals surface area contributed by atoms with Crippen molar-refractivity contribution in [2.75, 3.05) is 18.4 Å². The van der Waals surface area contributed by atoms with Gasteiger partial charge in [0.25, 0.3) is 15.9 Å².